The van der Waals surface area contributed by atoms with E-state index in [1.54, 1.807) is 0 Å². The van der Waals surface area contributed by atoms with E-state index in [2.05, 4.69) is 0 Å². The first-order valence-electron chi connectivity index (χ1n) is 7.58. The lowest BCUT2D eigenvalue weighted by molar-refractivity contribution is -0.166. The highest BCUT2D eigenvalue weighted by Crippen LogP contribution is 2.49. The molecule has 0 aromatic heterocycles. The van der Waals surface area contributed by atoms with Crippen LogP contribution in [0.15, 0.2) is 0 Å². The SMILES string of the molecule is CCC1CC(C)(OCC(=O)OC(C)(C)C)CC1(F)CC. The quantitative estimate of drug-likeness (QED) is 0.716. The molecule has 0 N–H and O–H groups in total. The fourth-order valence-corrected chi connectivity index (χ4v) is 3.18. The van der Waals surface area contributed by atoms with E-state index in [4.69, 9.17) is 9.47 Å². The van der Waals surface area contributed by atoms with E-state index in [1.807, 2.05) is 41.5 Å². The minimum absolute atomic E-state index is 0.0103. The van der Waals surface area contributed by atoms with Gasteiger partial charge in [-0.25, -0.2) is 9.18 Å². The van der Waals surface area contributed by atoms with Crippen LogP contribution >= 0.6 is 0 Å². The van der Waals surface area contributed by atoms with Crippen LogP contribution in [0, 0.1) is 5.92 Å². The molecule has 0 radical (unpaired) electrons. The number of rotatable bonds is 5. The highest BCUT2D eigenvalue weighted by molar-refractivity contribution is 5.71. The average molecular weight is 288 g/mol. The molecule has 0 aliphatic heterocycles. The first-order chi connectivity index (χ1) is 9.03. The van der Waals surface area contributed by atoms with E-state index in [0.29, 0.717) is 19.3 Å². The van der Waals surface area contributed by atoms with Gasteiger partial charge in [-0.05, 0) is 46.5 Å². The lowest BCUT2D eigenvalue weighted by atomic mass is 9.88. The summed E-state index contributed by atoms with van der Waals surface area (Å²) in [5.74, 6) is -0.379. The Kier molecular flexibility index (Phi) is 5.23. The molecule has 1 rings (SSSR count). The summed E-state index contributed by atoms with van der Waals surface area (Å²) in [4.78, 5) is 11.7. The van der Waals surface area contributed by atoms with Gasteiger partial charge in [-0.2, -0.15) is 0 Å². The molecule has 1 saturated carbocycles. The second-order valence-corrected chi connectivity index (χ2v) is 7.20. The molecule has 1 fully saturated rings. The van der Waals surface area contributed by atoms with Crippen molar-refractivity contribution in [1.29, 1.82) is 0 Å². The van der Waals surface area contributed by atoms with Crippen LogP contribution in [0.25, 0.3) is 0 Å². The number of hydrogen-bond donors (Lipinski definition) is 0. The Labute approximate surface area is 122 Å². The van der Waals surface area contributed by atoms with Crippen LogP contribution in [0.4, 0.5) is 4.39 Å². The first kappa shape index (κ1) is 17.4. The summed E-state index contributed by atoms with van der Waals surface area (Å²) in [7, 11) is 0. The fourth-order valence-electron chi connectivity index (χ4n) is 3.18. The van der Waals surface area contributed by atoms with E-state index in [0.717, 1.165) is 6.42 Å². The molecule has 0 aromatic carbocycles. The Bertz CT molecular complexity index is 350. The number of hydrogen-bond acceptors (Lipinski definition) is 3. The number of ether oxygens (including phenoxy) is 2. The molecule has 0 bridgehead atoms. The topological polar surface area (TPSA) is 35.5 Å². The largest absolute Gasteiger partial charge is 0.458 e. The monoisotopic (exact) mass is 288 g/mol. The molecular weight excluding hydrogens is 259 g/mol. The predicted octanol–water partition coefficient (Wildman–Crippen LogP) is 4.04. The lowest BCUT2D eigenvalue weighted by Crippen LogP contribution is -2.33. The van der Waals surface area contributed by atoms with Crippen molar-refractivity contribution in [2.75, 3.05) is 6.61 Å². The molecule has 118 valence electrons. The molecule has 1 aliphatic rings. The minimum atomic E-state index is -1.17. The molecule has 3 unspecified atom stereocenters. The number of carbonyl (C=O) groups excluding carboxylic acids is 1. The van der Waals surface area contributed by atoms with Crippen molar-refractivity contribution in [3.8, 4) is 0 Å². The zero-order chi connectivity index (χ0) is 15.6. The van der Waals surface area contributed by atoms with Gasteiger partial charge in [-0.3, -0.25) is 0 Å². The van der Waals surface area contributed by atoms with Crippen molar-refractivity contribution in [1.82, 2.24) is 0 Å². The van der Waals surface area contributed by atoms with Crippen LogP contribution in [-0.2, 0) is 14.3 Å². The van der Waals surface area contributed by atoms with Gasteiger partial charge in [0.2, 0.25) is 0 Å². The summed E-state index contributed by atoms with van der Waals surface area (Å²) < 4.78 is 25.7. The van der Waals surface area contributed by atoms with Crippen molar-refractivity contribution in [3.63, 3.8) is 0 Å². The third-order valence-corrected chi connectivity index (χ3v) is 4.12. The van der Waals surface area contributed by atoms with Crippen LogP contribution in [0.1, 0.15) is 67.2 Å². The second-order valence-electron chi connectivity index (χ2n) is 7.20. The summed E-state index contributed by atoms with van der Waals surface area (Å²) >= 11 is 0. The number of alkyl halides is 1. The number of esters is 1. The van der Waals surface area contributed by atoms with Crippen molar-refractivity contribution in [3.05, 3.63) is 0 Å². The number of carbonyl (C=O) groups is 1. The smallest absolute Gasteiger partial charge is 0.332 e. The number of halogens is 1. The van der Waals surface area contributed by atoms with Gasteiger partial charge in [-0.15, -0.1) is 0 Å². The van der Waals surface area contributed by atoms with Gasteiger partial charge in [-0.1, -0.05) is 20.3 Å². The van der Waals surface area contributed by atoms with Gasteiger partial charge in [0.15, 0.2) is 0 Å². The van der Waals surface area contributed by atoms with Crippen molar-refractivity contribution in [2.45, 2.75) is 84.1 Å². The van der Waals surface area contributed by atoms with Gasteiger partial charge >= 0.3 is 5.97 Å². The van der Waals surface area contributed by atoms with Crippen LogP contribution in [0.3, 0.4) is 0 Å². The van der Waals surface area contributed by atoms with E-state index in [1.165, 1.54) is 0 Å². The Hall–Kier alpha value is -0.640. The minimum Gasteiger partial charge on any atom is -0.458 e. The standard InChI is InChI=1S/C16H29FO3/c1-7-12-9-15(6,11-16(12,17)8-2)19-10-13(18)20-14(3,4)5/h12H,7-11H2,1-6H3. The molecular formula is C16H29FO3. The maximum atomic E-state index is 14.8. The molecule has 0 amide bonds. The molecule has 0 spiro atoms. The van der Waals surface area contributed by atoms with E-state index in [-0.39, 0.29) is 18.5 Å². The van der Waals surface area contributed by atoms with Crippen molar-refractivity contribution >= 4 is 5.97 Å². The lowest BCUT2D eigenvalue weighted by Gasteiger charge is -2.27. The molecule has 3 atom stereocenters. The summed E-state index contributed by atoms with van der Waals surface area (Å²) in [5, 5.41) is 0. The predicted molar refractivity (Wildman–Crippen MR) is 77.3 cm³/mol. The van der Waals surface area contributed by atoms with E-state index >= 15 is 0 Å². The van der Waals surface area contributed by atoms with Gasteiger partial charge in [0.05, 0.1) is 5.60 Å². The van der Waals surface area contributed by atoms with Gasteiger partial charge < -0.3 is 9.47 Å². The Balaban J connectivity index is 2.58. The molecule has 4 heteroatoms. The Morgan fingerprint density at radius 1 is 1.35 bits per heavy atom. The maximum absolute atomic E-state index is 14.8. The molecule has 0 heterocycles. The summed E-state index contributed by atoms with van der Waals surface area (Å²) in [5.41, 5.74) is -2.25. The molecule has 0 aromatic rings. The second kappa shape index (κ2) is 6.00. The van der Waals surface area contributed by atoms with Gasteiger partial charge in [0.25, 0.3) is 0 Å². The summed E-state index contributed by atoms with van der Waals surface area (Å²) in [6, 6.07) is 0. The fraction of sp³-hybridized carbons (Fsp3) is 0.938. The van der Waals surface area contributed by atoms with Gasteiger partial charge in [0, 0.05) is 6.42 Å². The van der Waals surface area contributed by atoms with E-state index in [9.17, 15) is 9.18 Å². The van der Waals surface area contributed by atoms with Gasteiger partial charge in [0.1, 0.15) is 17.9 Å². The normalized spacial score (nSPS) is 34.2. The van der Waals surface area contributed by atoms with Crippen LogP contribution in [0.2, 0.25) is 0 Å². The van der Waals surface area contributed by atoms with Crippen LogP contribution in [-0.4, -0.2) is 29.4 Å². The highest BCUT2D eigenvalue weighted by atomic mass is 19.1. The zero-order valence-corrected chi connectivity index (χ0v) is 13.7. The van der Waals surface area contributed by atoms with Crippen LogP contribution in [0.5, 0.6) is 0 Å². The molecule has 3 nitrogen and oxygen atoms in total. The summed E-state index contributed by atoms with van der Waals surface area (Å²) in [6.07, 6.45) is 2.32. The summed E-state index contributed by atoms with van der Waals surface area (Å²) in [6.45, 7) is 11.1. The average Bonchev–Trinajstić information content (AvgIpc) is 2.58. The maximum Gasteiger partial charge on any atom is 0.332 e. The van der Waals surface area contributed by atoms with Crippen molar-refractivity contribution < 1.29 is 18.7 Å². The third kappa shape index (κ3) is 4.44. The van der Waals surface area contributed by atoms with Crippen LogP contribution < -0.4 is 0 Å². The Morgan fingerprint density at radius 2 is 1.95 bits per heavy atom. The zero-order valence-electron chi connectivity index (χ0n) is 13.7. The highest BCUT2D eigenvalue weighted by Gasteiger charge is 2.52. The molecule has 0 saturated heterocycles. The Morgan fingerprint density at radius 3 is 2.35 bits per heavy atom. The first-order valence-corrected chi connectivity index (χ1v) is 7.58. The third-order valence-electron chi connectivity index (χ3n) is 4.12. The molecule has 1 aliphatic carbocycles. The van der Waals surface area contributed by atoms with E-state index < -0.39 is 16.9 Å². The van der Waals surface area contributed by atoms with Crippen molar-refractivity contribution in [2.24, 2.45) is 5.92 Å². The molecule has 20 heavy (non-hydrogen) atoms.